The van der Waals surface area contributed by atoms with Crippen LogP contribution in [-0.2, 0) is 19.6 Å². The molecular weight excluding hydrogens is 356 g/mol. The van der Waals surface area contributed by atoms with Crippen molar-refractivity contribution in [3.05, 3.63) is 29.8 Å². The van der Waals surface area contributed by atoms with Crippen molar-refractivity contribution in [1.29, 1.82) is 0 Å². The van der Waals surface area contributed by atoms with Gasteiger partial charge in [0.05, 0.1) is 10.5 Å². The second-order valence-corrected chi connectivity index (χ2v) is 8.85. The fourth-order valence-electron chi connectivity index (χ4n) is 2.72. The van der Waals surface area contributed by atoms with Gasteiger partial charge in [0.2, 0.25) is 10.0 Å². The molecule has 0 atom stereocenters. The van der Waals surface area contributed by atoms with E-state index in [1.165, 1.54) is 28.6 Å². The van der Waals surface area contributed by atoms with Crippen molar-refractivity contribution in [1.82, 2.24) is 9.62 Å². The van der Waals surface area contributed by atoms with Gasteiger partial charge in [-0.15, -0.1) is 0 Å². The number of carbonyl (C=O) groups excluding carboxylic acids is 2. The molecule has 1 aliphatic rings. The summed E-state index contributed by atoms with van der Waals surface area (Å²) in [6.07, 6.45) is 1.70. The Hall–Kier alpha value is -1.93. The van der Waals surface area contributed by atoms with Crippen LogP contribution in [0.3, 0.4) is 0 Å². The molecule has 0 aliphatic carbocycles. The summed E-state index contributed by atoms with van der Waals surface area (Å²) in [7, 11) is -3.55. The van der Waals surface area contributed by atoms with Crippen molar-refractivity contribution in [2.24, 2.45) is 5.92 Å². The fraction of sp³-hybridized carbons (Fsp3) is 0.556. The summed E-state index contributed by atoms with van der Waals surface area (Å²) in [5.74, 6) is -0.516. The summed E-state index contributed by atoms with van der Waals surface area (Å²) in [5.41, 5.74) is 0.202. The molecule has 8 heteroatoms. The molecule has 0 unspecified atom stereocenters. The van der Waals surface area contributed by atoms with E-state index in [2.05, 4.69) is 12.2 Å². The Morgan fingerprint density at radius 3 is 2.31 bits per heavy atom. The quantitative estimate of drug-likeness (QED) is 0.757. The van der Waals surface area contributed by atoms with Crippen molar-refractivity contribution in [3.8, 4) is 0 Å². The normalized spacial score (nSPS) is 16.5. The third-order valence-corrected chi connectivity index (χ3v) is 6.17. The molecule has 1 aliphatic heterocycles. The molecule has 2 rings (SSSR count). The number of sulfonamides is 1. The van der Waals surface area contributed by atoms with E-state index in [-0.39, 0.29) is 29.0 Å². The number of piperidine rings is 1. The summed E-state index contributed by atoms with van der Waals surface area (Å²) in [5, 5.41) is 2.62. The van der Waals surface area contributed by atoms with Crippen LogP contribution < -0.4 is 5.32 Å². The molecule has 0 spiro atoms. The fourth-order valence-corrected chi connectivity index (χ4v) is 4.19. The molecule has 0 radical (unpaired) electrons. The van der Waals surface area contributed by atoms with Crippen LogP contribution in [0.1, 0.15) is 44.0 Å². The van der Waals surface area contributed by atoms with Gasteiger partial charge >= 0.3 is 5.97 Å². The highest BCUT2D eigenvalue weighted by molar-refractivity contribution is 7.89. The number of esters is 1. The Kier molecular flexibility index (Phi) is 6.77. The van der Waals surface area contributed by atoms with Gasteiger partial charge in [-0.05, 0) is 56.9 Å². The number of hydrogen-bond donors (Lipinski definition) is 1. The lowest BCUT2D eigenvalue weighted by molar-refractivity contribution is -0.124. The minimum atomic E-state index is -3.55. The second kappa shape index (κ2) is 8.64. The number of nitrogens with zero attached hydrogens (tertiary/aromatic N) is 1. The lowest BCUT2D eigenvalue weighted by Gasteiger charge is -2.29. The molecular formula is C18H26N2O5S. The van der Waals surface area contributed by atoms with E-state index in [0.29, 0.717) is 19.0 Å². The number of hydrogen-bond acceptors (Lipinski definition) is 5. The van der Waals surface area contributed by atoms with Crippen molar-refractivity contribution in [2.45, 2.75) is 44.6 Å². The molecule has 1 fully saturated rings. The Balaban J connectivity index is 1.99. The maximum atomic E-state index is 12.6. The van der Waals surface area contributed by atoms with Gasteiger partial charge in [0.15, 0.2) is 6.61 Å². The molecule has 144 valence electrons. The van der Waals surface area contributed by atoms with Crippen LogP contribution in [0.5, 0.6) is 0 Å². The van der Waals surface area contributed by atoms with Crippen molar-refractivity contribution in [3.63, 3.8) is 0 Å². The van der Waals surface area contributed by atoms with E-state index in [1.54, 1.807) is 0 Å². The largest absolute Gasteiger partial charge is 0.452 e. The number of nitrogens with one attached hydrogen (secondary N) is 1. The van der Waals surface area contributed by atoms with Crippen LogP contribution in [0, 0.1) is 5.92 Å². The highest BCUT2D eigenvalue weighted by Crippen LogP contribution is 2.23. The van der Waals surface area contributed by atoms with E-state index in [0.717, 1.165) is 12.8 Å². The molecule has 1 heterocycles. The molecule has 1 aromatic rings. The summed E-state index contributed by atoms with van der Waals surface area (Å²) in [4.78, 5) is 23.6. The highest BCUT2D eigenvalue weighted by atomic mass is 32.2. The van der Waals surface area contributed by atoms with Crippen LogP contribution in [0.15, 0.2) is 29.2 Å². The Morgan fingerprint density at radius 2 is 1.77 bits per heavy atom. The van der Waals surface area contributed by atoms with E-state index in [9.17, 15) is 18.0 Å². The van der Waals surface area contributed by atoms with Crippen LogP contribution >= 0.6 is 0 Å². The molecule has 1 N–H and O–H groups in total. The zero-order valence-electron chi connectivity index (χ0n) is 15.4. The first-order valence-corrected chi connectivity index (χ1v) is 10.2. The third-order valence-electron chi connectivity index (χ3n) is 4.25. The molecule has 0 aromatic heterocycles. The van der Waals surface area contributed by atoms with Crippen LogP contribution in [0.2, 0.25) is 0 Å². The zero-order valence-corrected chi connectivity index (χ0v) is 16.2. The summed E-state index contributed by atoms with van der Waals surface area (Å²) >= 11 is 0. The first-order chi connectivity index (χ1) is 12.2. The Labute approximate surface area is 154 Å². The number of rotatable bonds is 6. The maximum Gasteiger partial charge on any atom is 0.338 e. The van der Waals surface area contributed by atoms with Crippen LogP contribution in [-0.4, -0.2) is 50.3 Å². The molecule has 0 saturated carbocycles. The number of carbonyl (C=O) groups is 2. The molecule has 7 nitrogen and oxygen atoms in total. The van der Waals surface area contributed by atoms with E-state index in [1.807, 2.05) is 13.8 Å². The Morgan fingerprint density at radius 1 is 1.19 bits per heavy atom. The topological polar surface area (TPSA) is 92.8 Å². The van der Waals surface area contributed by atoms with Gasteiger partial charge in [-0.2, -0.15) is 4.31 Å². The lowest BCUT2D eigenvalue weighted by Crippen LogP contribution is -2.37. The average molecular weight is 382 g/mol. The molecule has 0 bridgehead atoms. The van der Waals surface area contributed by atoms with Gasteiger partial charge in [-0.1, -0.05) is 6.92 Å². The van der Waals surface area contributed by atoms with Gasteiger partial charge in [0.25, 0.3) is 5.91 Å². The molecule has 1 amide bonds. The van der Waals surface area contributed by atoms with Gasteiger partial charge < -0.3 is 10.1 Å². The smallest absolute Gasteiger partial charge is 0.338 e. The van der Waals surface area contributed by atoms with Gasteiger partial charge in [-0.25, -0.2) is 13.2 Å². The third kappa shape index (κ3) is 5.28. The highest BCUT2D eigenvalue weighted by Gasteiger charge is 2.28. The van der Waals surface area contributed by atoms with Crippen molar-refractivity contribution >= 4 is 21.9 Å². The van der Waals surface area contributed by atoms with E-state index >= 15 is 0 Å². The van der Waals surface area contributed by atoms with Gasteiger partial charge in [0.1, 0.15) is 0 Å². The van der Waals surface area contributed by atoms with Gasteiger partial charge in [0, 0.05) is 19.1 Å². The van der Waals surface area contributed by atoms with Crippen molar-refractivity contribution < 1.29 is 22.7 Å². The predicted octanol–water partition coefficient (Wildman–Crippen LogP) is 1.79. The Bertz CT molecular complexity index is 735. The van der Waals surface area contributed by atoms with Crippen LogP contribution in [0.25, 0.3) is 0 Å². The molecule has 1 saturated heterocycles. The van der Waals surface area contributed by atoms with Crippen molar-refractivity contribution in [2.75, 3.05) is 19.7 Å². The molecule has 1 aromatic carbocycles. The monoisotopic (exact) mass is 382 g/mol. The zero-order chi connectivity index (χ0) is 19.3. The summed E-state index contributed by atoms with van der Waals surface area (Å²) in [6.45, 7) is 6.38. The average Bonchev–Trinajstić information content (AvgIpc) is 2.59. The standard InChI is InChI=1S/C18H26N2O5S/c1-13(2)19-17(21)12-25-18(22)15-4-6-16(7-5-15)26(23,24)20-10-8-14(3)9-11-20/h4-7,13-14H,8-12H2,1-3H3,(H,19,21). The van der Waals surface area contributed by atoms with Gasteiger partial charge in [-0.3, -0.25) is 4.79 Å². The minimum absolute atomic E-state index is 0.0385. The second-order valence-electron chi connectivity index (χ2n) is 6.91. The maximum absolute atomic E-state index is 12.6. The first-order valence-electron chi connectivity index (χ1n) is 8.77. The molecule has 26 heavy (non-hydrogen) atoms. The van der Waals surface area contributed by atoms with E-state index < -0.39 is 16.0 Å². The van der Waals surface area contributed by atoms with Crippen LogP contribution in [0.4, 0.5) is 0 Å². The summed E-state index contributed by atoms with van der Waals surface area (Å²) in [6, 6.07) is 5.57. The number of benzene rings is 1. The number of ether oxygens (including phenoxy) is 1. The minimum Gasteiger partial charge on any atom is -0.452 e. The van der Waals surface area contributed by atoms with E-state index in [4.69, 9.17) is 4.74 Å². The summed E-state index contributed by atoms with van der Waals surface area (Å²) < 4.78 is 31.7. The number of amides is 1. The SMILES string of the molecule is CC1CCN(S(=O)(=O)c2ccc(C(=O)OCC(=O)NC(C)C)cc2)CC1. The first kappa shape index (κ1) is 20.4. The predicted molar refractivity (Wildman–Crippen MR) is 97.2 cm³/mol. The lowest BCUT2D eigenvalue weighted by atomic mass is 10.0.